The summed E-state index contributed by atoms with van der Waals surface area (Å²) in [5.74, 6) is 0. The number of hydrogen-bond donors (Lipinski definition) is 2. The molecule has 8 heteroatoms. The Morgan fingerprint density at radius 2 is 1.21 bits per heavy atom. The van der Waals surface area contributed by atoms with Crippen molar-refractivity contribution in [3.8, 4) is 0 Å². The average molecular weight is 529 g/mol. The van der Waals surface area contributed by atoms with Gasteiger partial charge in [0.2, 0.25) is 0 Å². The Morgan fingerprint density at radius 1 is 0.737 bits per heavy atom. The third-order valence-corrected chi connectivity index (χ3v) is 5.34. The Balaban J connectivity index is 2.29. The van der Waals surface area contributed by atoms with Gasteiger partial charge >= 0.3 is 12.2 Å². The van der Waals surface area contributed by atoms with Crippen LogP contribution in [-0.4, -0.2) is 48.2 Å². The van der Waals surface area contributed by atoms with Crippen LogP contribution in [0.2, 0.25) is 0 Å². The van der Waals surface area contributed by atoms with Crippen molar-refractivity contribution in [2.45, 2.75) is 97.5 Å². The largest absolute Gasteiger partial charge is 0.444 e. The first-order valence-electron chi connectivity index (χ1n) is 13.1. The highest BCUT2D eigenvalue weighted by Crippen LogP contribution is 2.16. The van der Waals surface area contributed by atoms with E-state index in [1.165, 1.54) is 0 Å². The number of benzene rings is 2. The number of carbonyl (C=O) groups is 2. The first-order valence-corrected chi connectivity index (χ1v) is 13.1. The van der Waals surface area contributed by atoms with Gasteiger partial charge in [0.1, 0.15) is 11.2 Å². The smallest absolute Gasteiger partial charge is 0.408 e. The lowest BCUT2D eigenvalue weighted by atomic mass is 10.00. The molecule has 2 rings (SSSR count). The standard InChI is InChI=1S/C30H44N2O6/c1-8-25(36-20-23-17-13-10-14-18-23)26(32-28(34)38-30(5,6)7)24(31-27(33)37-29(2,3)4)21-35-19-22-15-11-9-12-16-22/h9-18,24-26H,8,19-21H2,1-7H3,(H,31,33)(H,32,34)/t24-,25?,26+/m0/s1. The van der Waals surface area contributed by atoms with E-state index in [2.05, 4.69) is 10.6 Å². The van der Waals surface area contributed by atoms with Crippen LogP contribution in [0.3, 0.4) is 0 Å². The Labute approximate surface area is 227 Å². The second-order valence-electron chi connectivity index (χ2n) is 11.2. The average Bonchev–Trinajstić information content (AvgIpc) is 2.82. The van der Waals surface area contributed by atoms with E-state index < -0.39 is 41.6 Å². The molecule has 0 aliphatic rings. The van der Waals surface area contributed by atoms with Crippen LogP contribution in [0.15, 0.2) is 60.7 Å². The third kappa shape index (κ3) is 12.4. The van der Waals surface area contributed by atoms with E-state index in [1.807, 2.05) is 67.6 Å². The topological polar surface area (TPSA) is 95.1 Å². The summed E-state index contributed by atoms with van der Waals surface area (Å²) in [6.45, 7) is 13.5. The fourth-order valence-corrected chi connectivity index (χ4v) is 3.72. The highest BCUT2D eigenvalue weighted by Gasteiger charge is 2.35. The summed E-state index contributed by atoms with van der Waals surface area (Å²) in [5, 5.41) is 5.85. The first-order chi connectivity index (χ1) is 17.9. The number of carbonyl (C=O) groups excluding carboxylic acids is 2. The summed E-state index contributed by atoms with van der Waals surface area (Å²) in [7, 11) is 0. The van der Waals surface area contributed by atoms with Crippen molar-refractivity contribution in [2.75, 3.05) is 6.61 Å². The second kappa shape index (κ2) is 14.7. The van der Waals surface area contributed by atoms with Gasteiger partial charge in [-0.1, -0.05) is 67.6 Å². The Bertz CT molecular complexity index is 970. The van der Waals surface area contributed by atoms with Gasteiger partial charge in [-0.15, -0.1) is 0 Å². The molecule has 2 N–H and O–H groups in total. The zero-order valence-electron chi connectivity index (χ0n) is 23.8. The van der Waals surface area contributed by atoms with E-state index >= 15 is 0 Å². The molecular weight excluding hydrogens is 484 g/mol. The monoisotopic (exact) mass is 528 g/mol. The van der Waals surface area contributed by atoms with Crippen LogP contribution in [0.4, 0.5) is 9.59 Å². The molecule has 2 aromatic carbocycles. The van der Waals surface area contributed by atoms with Gasteiger partial charge in [0.05, 0.1) is 38.0 Å². The fraction of sp³-hybridized carbons (Fsp3) is 0.533. The number of rotatable bonds is 12. The normalized spacial score (nSPS) is 14.2. The highest BCUT2D eigenvalue weighted by molar-refractivity contribution is 5.70. The van der Waals surface area contributed by atoms with Crippen LogP contribution in [0.1, 0.15) is 66.0 Å². The zero-order chi connectivity index (χ0) is 28.2. The minimum atomic E-state index is -0.695. The van der Waals surface area contributed by atoms with Gasteiger partial charge in [-0.05, 0) is 59.1 Å². The molecule has 8 nitrogen and oxygen atoms in total. The maximum Gasteiger partial charge on any atom is 0.408 e. The minimum Gasteiger partial charge on any atom is -0.444 e. The van der Waals surface area contributed by atoms with Gasteiger partial charge in [0.15, 0.2) is 0 Å². The molecule has 3 atom stereocenters. The molecule has 0 saturated heterocycles. The molecule has 0 fully saturated rings. The van der Waals surface area contributed by atoms with Crippen molar-refractivity contribution in [1.29, 1.82) is 0 Å². The number of alkyl carbamates (subject to hydrolysis) is 2. The predicted octanol–water partition coefficient (Wildman–Crippen LogP) is 5.99. The molecule has 0 radical (unpaired) electrons. The van der Waals surface area contributed by atoms with E-state index in [1.54, 1.807) is 41.5 Å². The van der Waals surface area contributed by atoms with Crippen molar-refractivity contribution in [3.05, 3.63) is 71.8 Å². The van der Waals surface area contributed by atoms with Crippen LogP contribution in [0.25, 0.3) is 0 Å². The van der Waals surface area contributed by atoms with Crippen molar-refractivity contribution < 1.29 is 28.5 Å². The zero-order valence-corrected chi connectivity index (χ0v) is 23.8. The molecule has 0 saturated carbocycles. The molecule has 0 spiro atoms. The molecule has 2 amide bonds. The summed E-state index contributed by atoms with van der Waals surface area (Å²) >= 11 is 0. The lowest BCUT2D eigenvalue weighted by molar-refractivity contribution is -0.0192. The molecule has 38 heavy (non-hydrogen) atoms. The van der Waals surface area contributed by atoms with Crippen molar-refractivity contribution >= 4 is 12.2 Å². The van der Waals surface area contributed by atoms with Crippen LogP contribution in [-0.2, 0) is 32.2 Å². The van der Waals surface area contributed by atoms with Crippen molar-refractivity contribution in [1.82, 2.24) is 10.6 Å². The number of hydrogen-bond acceptors (Lipinski definition) is 6. The Morgan fingerprint density at radius 3 is 1.68 bits per heavy atom. The number of ether oxygens (including phenoxy) is 4. The highest BCUT2D eigenvalue weighted by atomic mass is 16.6. The fourth-order valence-electron chi connectivity index (χ4n) is 3.72. The first kappa shape index (κ1) is 31.1. The minimum absolute atomic E-state index is 0.111. The Kier molecular flexibility index (Phi) is 12.1. The van der Waals surface area contributed by atoms with Gasteiger partial charge in [-0.2, -0.15) is 0 Å². The SMILES string of the molecule is CCC(OCc1ccccc1)[C@H](NC(=O)OC(C)(C)C)[C@H](COCc1ccccc1)NC(=O)OC(C)(C)C. The lowest BCUT2D eigenvalue weighted by Crippen LogP contribution is -2.60. The number of amides is 2. The van der Waals surface area contributed by atoms with Gasteiger partial charge in [-0.25, -0.2) is 9.59 Å². The van der Waals surface area contributed by atoms with Gasteiger partial charge in [0.25, 0.3) is 0 Å². The Hall–Kier alpha value is -3.10. The summed E-state index contributed by atoms with van der Waals surface area (Å²) in [5.41, 5.74) is 0.604. The van der Waals surface area contributed by atoms with E-state index in [0.29, 0.717) is 19.6 Å². The molecule has 0 aromatic heterocycles. The summed E-state index contributed by atoms with van der Waals surface area (Å²) < 4.78 is 23.4. The lowest BCUT2D eigenvalue weighted by Gasteiger charge is -2.35. The molecular formula is C30H44N2O6. The summed E-state index contributed by atoms with van der Waals surface area (Å²) in [4.78, 5) is 25.7. The summed E-state index contributed by atoms with van der Waals surface area (Å²) in [6, 6.07) is 18.2. The second-order valence-corrected chi connectivity index (χ2v) is 11.2. The maximum atomic E-state index is 12.9. The van der Waals surface area contributed by atoms with Gasteiger partial charge in [-0.3, -0.25) is 0 Å². The molecule has 0 heterocycles. The maximum absolute atomic E-state index is 12.9. The third-order valence-electron chi connectivity index (χ3n) is 5.34. The van der Waals surface area contributed by atoms with E-state index in [0.717, 1.165) is 11.1 Å². The van der Waals surface area contributed by atoms with Crippen molar-refractivity contribution in [3.63, 3.8) is 0 Å². The van der Waals surface area contributed by atoms with Crippen LogP contribution in [0.5, 0.6) is 0 Å². The number of nitrogens with one attached hydrogen (secondary N) is 2. The molecule has 210 valence electrons. The molecule has 0 aliphatic carbocycles. The van der Waals surface area contributed by atoms with Gasteiger partial charge < -0.3 is 29.6 Å². The van der Waals surface area contributed by atoms with Gasteiger partial charge in [0, 0.05) is 0 Å². The molecule has 2 aromatic rings. The van der Waals surface area contributed by atoms with E-state index in [9.17, 15) is 9.59 Å². The van der Waals surface area contributed by atoms with Crippen LogP contribution in [0, 0.1) is 0 Å². The summed E-state index contributed by atoms with van der Waals surface area (Å²) in [6.07, 6.45) is -1.11. The van der Waals surface area contributed by atoms with Crippen LogP contribution < -0.4 is 10.6 Å². The molecule has 0 bridgehead atoms. The molecule has 0 aliphatic heterocycles. The van der Waals surface area contributed by atoms with Crippen molar-refractivity contribution in [2.24, 2.45) is 0 Å². The van der Waals surface area contributed by atoms with E-state index in [-0.39, 0.29) is 6.61 Å². The molecule has 1 unspecified atom stereocenters. The predicted molar refractivity (Wildman–Crippen MR) is 148 cm³/mol. The quantitative estimate of drug-likeness (QED) is 0.352. The van der Waals surface area contributed by atoms with Crippen LogP contribution >= 0.6 is 0 Å². The van der Waals surface area contributed by atoms with E-state index in [4.69, 9.17) is 18.9 Å².